The average Bonchev–Trinajstić information content (AvgIpc) is 1.41. The Morgan fingerprint density at radius 2 is 0.541 bits per heavy atom. The molecule has 0 amide bonds. The summed E-state index contributed by atoms with van der Waals surface area (Å²) in [6.07, 6.45) is 26.9. The van der Waals surface area contributed by atoms with Crippen molar-refractivity contribution >= 4 is 91.2 Å². The van der Waals surface area contributed by atoms with Gasteiger partial charge in [0, 0.05) is 73.7 Å². The molecule has 8 bridgehead atoms. The molecule has 0 N–H and O–H groups in total. The zero-order chi connectivity index (χ0) is 89.8. The fourth-order valence-corrected chi connectivity index (χ4v) is 26.4. The number of hydrogen-bond donors (Lipinski definition) is 0. The van der Waals surface area contributed by atoms with E-state index in [4.69, 9.17) is 0 Å². The summed E-state index contributed by atoms with van der Waals surface area (Å²) in [4.78, 5) is 9.74. The lowest BCUT2D eigenvalue weighted by Gasteiger charge is -2.63. The molecule has 4 heteroatoms. The number of benzene rings is 16. The van der Waals surface area contributed by atoms with Crippen molar-refractivity contribution in [1.82, 2.24) is 0 Å². The number of unbranched alkanes of at least 4 members (excludes halogenated alkanes) is 2. The van der Waals surface area contributed by atoms with Crippen molar-refractivity contribution in [2.45, 2.75) is 170 Å². The first-order valence-electron chi connectivity index (χ1n) is 49.5. The van der Waals surface area contributed by atoms with Gasteiger partial charge in [-0.1, -0.05) is 309 Å². The van der Waals surface area contributed by atoms with Crippen molar-refractivity contribution in [2.75, 3.05) is 19.6 Å². The number of aryl methyl sites for hydroxylation is 2. The molecular weight excluding hydrogens is 1610 g/mol. The lowest BCUT2D eigenvalue weighted by Crippen LogP contribution is -2.55. The molecule has 133 heavy (non-hydrogen) atoms. The first kappa shape index (κ1) is 85.0. The van der Waals surface area contributed by atoms with Gasteiger partial charge >= 0.3 is 0 Å². The summed E-state index contributed by atoms with van der Waals surface area (Å²) in [7, 11) is 0. The minimum atomic E-state index is -0.0994. The summed E-state index contributed by atoms with van der Waals surface area (Å²) in [5.74, 6) is 3.20. The third kappa shape index (κ3) is 16.2. The van der Waals surface area contributed by atoms with E-state index >= 15 is 0 Å². The Bertz CT molecular complexity index is 6720. The van der Waals surface area contributed by atoms with Crippen LogP contribution in [0.4, 0.5) is 68.2 Å². The second kappa shape index (κ2) is 35.5. The maximum Gasteiger partial charge on any atom is 0.0468 e. The Labute approximate surface area is 789 Å². The quantitative estimate of drug-likeness (QED) is 0.0536. The van der Waals surface area contributed by atoms with Crippen LogP contribution in [0.15, 0.2) is 401 Å². The molecule has 8 saturated carbocycles. The molecular formula is C129H122N4. The van der Waals surface area contributed by atoms with Gasteiger partial charge in [-0.05, 0) is 393 Å². The van der Waals surface area contributed by atoms with Gasteiger partial charge < -0.3 is 19.6 Å². The van der Waals surface area contributed by atoms with Crippen molar-refractivity contribution in [3.63, 3.8) is 0 Å². The zero-order valence-electron chi connectivity index (χ0n) is 77.8. The first-order valence-corrected chi connectivity index (χ1v) is 49.5. The van der Waals surface area contributed by atoms with Crippen LogP contribution in [0.3, 0.4) is 0 Å². The van der Waals surface area contributed by atoms with E-state index in [-0.39, 0.29) is 27.1 Å². The van der Waals surface area contributed by atoms with Gasteiger partial charge in [-0.3, -0.25) is 0 Å². The second-order valence-corrected chi connectivity index (χ2v) is 41.0. The molecule has 4 atom stereocenters. The normalized spacial score (nSPS) is 21.1. The molecule has 0 aromatic heterocycles. The molecule has 0 saturated heterocycles. The molecule has 0 aliphatic heterocycles. The monoisotopic (exact) mass is 1730 g/mol. The van der Waals surface area contributed by atoms with Gasteiger partial charge in [0.25, 0.3) is 0 Å². The first-order chi connectivity index (χ1) is 65.2. The van der Waals surface area contributed by atoms with E-state index in [9.17, 15) is 0 Å². The number of rotatable bonds is 26. The molecule has 658 valence electrons. The Hall–Kier alpha value is -13.5. The summed E-state index contributed by atoms with van der Waals surface area (Å²) in [6, 6.07) is 146. The summed E-state index contributed by atoms with van der Waals surface area (Å²) < 4.78 is 0. The van der Waals surface area contributed by atoms with Crippen LogP contribution in [0.1, 0.15) is 186 Å². The summed E-state index contributed by atoms with van der Waals surface area (Å²) in [5, 5.41) is 2.48. The lowest BCUT2D eigenvalue weighted by atomic mass is 9.41. The van der Waals surface area contributed by atoms with Crippen molar-refractivity contribution in [3.05, 3.63) is 457 Å². The van der Waals surface area contributed by atoms with Gasteiger partial charge in [0.2, 0.25) is 0 Å². The van der Waals surface area contributed by atoms with E-state index in [0.717, 1.165) is 82.0 Å². The van der Waals surface area contributed by atoms with Crippen LogP contribution >= 0.6 is 0 Å². The van der Waals surface area contributed by atoms with Gasteiger partial charge in [0.15, 0.2) is 0 Å². The summed E-state index contributed by atoms with van der Waals surface area (Å²) in [5.41, 5.74) is 36.4. The highest BCUT2D eigenvalue weighted by atomic mass is 15.2. The topological polar surface area (TPSA) is 13.0 Å². The van der Waals surface area contributed by atoms with Gasteiger partial charge in [-0.25, -0.2) is 0 Å². The Morgan fingerprint density at radius 3 is 0.910 bits per heavy atom. The van der Waals surface area contributed by atoms with E-state index < -0.39 is 0 Å². The van der Waals surface area contributed by atoms with Crippen LogP contribution in [-0.4, -0.2) is 0 Å². The third-order valence-electron chi connectivity index (χ3n) is 32.2. The highest BCUT2D eigenvalue weighted by Crippen LogP contribution is 2.69. The van der Waals surface area contributed by atoms with Crippen molar-refractivity contribution < 1.29 is 0 Å². The molecule has 0 radical (unpaired) electrons. The summed E-state index contributed by atoms with van der Waals surface area (Å²) in [6.45, 7) is 17.3. The predicted molar refractivity (Wildman–Crippen MR) is 564 cm³/mol. The van der Waals surface area contributed by atoms with Crippen LogP contribution in [0.25, 0.3) is 56.3 Å². The zero-order valence-corrected chi connectivity index (χ0v) is 77.8. The van der Waals surface area contributed by atoms with Gasteiger partial charge in [-0.2, -0.15) is 0 Å². The minimum absolute atomic E-state index is 0.0994. The van der Waals surface area contributed by atoms with E-state index in [1.165, 1.54) is 214 Å². The molecule has 25 rings (SSSR count). The van der Waals surface area contributed by atoms with Crippen LogP contribution in [-0.2, 0) is 39.9 Å². The second-order valence-electron chi connectivity index (χ2n) is 41.0. The van der Waals surface area contributed by atoms with Gasteiger partial charge in [0.1, 0.15) is 0 Å². The highest BCUT2D eigenvalue weighted by molar-refractivity contribution is 5.92. The molecule has 9 aliphatic carbocycles. The number of fused-ring (bicyclic) bond motifs is 4. The molecule has 0 spiro atoms. The fraction of sp³-hybridized carbons (Fsp3) is 0.240. The maximum atomic E-state index is 4.03. The third-order valence-corrected chi connectivity index (χ3v) is 32.2. The van der Waals surface area contributed by atoms with E-state index in [0.29, 0.717) is 0 Å². The molecule has 16 aromatic carbocycles. The van der Waals surface area contributed by atoms with Crippen molar-refractivity contribution in [1.29, 1.82) is 0 Å². The van der Waals surface area contributed by atoms with Gasteiger partial charge in [-0.15, -0.1) is 0 Å². The number of nitrogens with zero attached hydrogens (tertiary/aromatic N) is 4. The number of anilines is 12. The SMILES string of the molecule is C=Cc1ccc(C23CC4CC(C2)CC(c2ccc(N(c5ccc(CCCC)cc5)c5ccc(N(c6ccc(-c7ccccc7)cc6)c6ccc(-c7ccccc7)cc6)cc5)cc2)(C4)C3)cc1.C=Cc1ccc(C23CC4CC(C2)CC(c2ccc(N(c5ccc(CCCC)cc5)c5ccc(N(c6ccc7c(c6)C(C)(C)c6ccccc6-7)c6ccc7ccccc7c6)cc5)cc2)(C4)C3)cc1. The standard InChI is InChI=1S/C65H62N2.C64H60N2/c1-5-7-12-46-19-26-53(27-20-46)66(54-29-24-52(25-30-54)65-42-47-37-48(43-65)41-64(40-47,44-65)51-22-17-45(6-2)18-23-51)55-31-33-56(34-32-55)67(57-28-21-49-13-8-9-14-50(49)38-57)58-35-36-60-59-15-10-11-16-61(59)63(3,4)62(60)39-58;1-3-5-12-48-19-29-57(30-20-48)65(60-35-27-56(28-36-60)64-44-49-41-50(45-64)43-63(42-49,46-64)55-25-17-47(4-2)18-26-55)61-37-39-62(40-38-61)66(58-31-21-53(22-32-58)51-13-8-6-9-14-51)59-33-23-54(24-34-59)52-15-10-7-11-16-52/h6,8-11,13-36,38-39,47-48H,2,5,7,12,37,40-44H2,1,3-4H3;4,6-11,13-40,49-50H,2-3,5,12,41-46H2,1H3. The average molecular weight is 1730 g/mol. The van der Waals surface area contributed by atoms with E-state index in [1.54, 1.807) is 11.1 Å². The molecule has 0 heterocycles. The van der Waals surface area contributed by atoms with E-state index in [1.807, 2.05) is 12.2 Å². The van der Waals surface area contributed by atoms with Crippen molar-refractivity contribution in [2.24, 2.45) is 23.7 Å². The predicted octanol–water partition coefficient (Wildman–Crippen LogP) is 35.6. The van der Waals surface area contributed by atoms with Crippen LogP contribution in [0, 0.1) is 23.7 Å². The largest absolute Gasteiger partial charge is 0.311 e. The van der Waals surface area contributed by atoms with Crippen LogP contribution in [0.5, 0.6) is 0 Å². The minimum Gasteiger partial charge on any atom is -0.311 e. The molecule has 9 aliphatic rings. The van der Waals surface area contributed by atoms with Crippen molar-refractivity contribution in [3.8, 4) is 33.4 Å². The summed E-state index contributed by atoms with van der Waals surface area (Å²) >= 11 is 0. The van der Waals surface area contributed by atoms with Gasteiger partial charge in [0.05, 0.1) is 0 Å². The Kier molecular flexibility index (Phi) is 22.7. The fourth-order valence-electron chi connectivity index (χ4n) is 26.4. The van der Waals surface area contributed by atoms with Crippen LogP contribution < -0.4 is 19.6 Å². The molecule has 4 nitrogen and oxygen atoms in total. The molecule has 16 aromatic rings. The Morgan fingerprint density at radius 1 is 0.263 bits per heavy atom. The maximum absolute atomic E-state index is 4.03. The highest BCUT2D eigenvalue weighted by Gasteiger charge is 2.60. The van der Waals surface area contributed by atoms with Crippen LogP contribution in [0.2, 0.25) is 0 Å². The number of hydrogen-bond acceptors (Lipinski definition) is 4. The smallest absolute Gasteiger partial charge is 0.0468 e. The van der Waals surface area contributed by atoms with E-state index in [2.05, 4.69) is 449 Å². The Balaban J connectivity index is 0.000000155. The molecule has 8 fully saturated rings. The lowest BCUT2D eigenvalue weighted by molar-refractivity contribution is -0.0282. The molecule has 4 unspecified atom stereocenters.